The highest BCUT2D eigenvalue weighted by Crippen LogP contribution is 2.37. The highest BCUT2D eigenvalue weighted by molar-refractivity contribution is 6.33. The summed E-state index contributed by atoms with van der Waals surface area (Å²) in [4.78, 5) is 86.1. The lowest BCUT2D eigenvalue weighted by molar-refractivity contribution is -0.120. The number of carbonyl (C=O) groups excluding carboxylic acids is 6. The van der Waals surface area contributed by atoms with Gasteiger partial charge < -0.3 is 76.5 Å². The van der Waals surface area contributed by atoms with Gasteiger partial charge in [-0.15, -0.1) is 0 Å². The van der Waals surface area contributed by atoms with Crippen LogP contribution in [0, 0.1) is 18.6 Å². The minimum atomic E-state index is -1.46. The van der Waals surface area contributed by atoms with Gasteiger partial charge in [0.2, 0.25) is 0 Å². The maximum atomic E-state index is 13.6. The van der Waals surface area contributed by atoms with Gasteiger partial charge in [0.05, 0.1) is 81.6 Å². The summed E-state index contributed by atoms with van der Waals surface area (Å²) in [5.41, 5.74) is 22.1. The van der Waals surface area contributed by atoms with E-state index in [9.17, 15) is 52.6 Å². The number of ether oxygens (including phenoxy) is 7. The van der Waals surface area contributed by atoms with Crippen molar-refractivity contribution in [2.45, 2.75) is 44.8 Å². The van der Waals surface area contributed by atoms with Crippen molar-refractivity contribution in [2.24, 2.45) is 22.9 Å². The van der Waals surface area contributed by atoms with Crippen molar-refractivity contribution in [3.05, 3.63) is 209 Å². The van der Waals surface area contributed by atoms with Crippen LogP contribution in [0.4, 0.5) is 8.78 Å². The van der Waals surface area contributed by atoms with Crippen LogP contribution >= 0.6 is 58.0 Å². The molecule has 24 nitrogen and oxygen atoms in total. The average molecular weight is 1470 g/mol. The first kappa shape index (κ1) is 81.5. The van der Waals surface area contributed by atoms with Gasteiger partial charge in [0.15, 0.2) is 25.6 Å². The second-order valence-electron chi connectivity index (χ2n) is 20.9. The number of aromatic nitrogens is 2. The number of methoxy groups -OCH3 is 4. The monoisotopic (exact) mass is 1470 g/mol. The first-order chi connectivity index (χ1) is 46.6. The minimum Gasteiger partial charge on any atom is -0.508 e. The lowest BCUT2D eigenvalue weighted by Gasteiger charge is -2.24. The minimum absolute atomic E-state index is 0.00373. The number of Topliss-reactive ketones (excluding diaryl/α,β-unsaturated/α-hetero) is 1. The zero-order valence-corrected chi connectivity index (χ0v) is 57.6. The summed E-state index contributed by atoms with van der Waals surface area (Å²) in [5, 5.41) is 39.5. The number of ketones is 1. The predicted octanol–water partition coefficient (Wildman–Crippen LogP) is 11.0. The third kappa shape index (κ3) is 24.9. The Morgan fingerprint density at radius 1 is 0.485 bits per heavy atom. The number of nitrogens with two attached hydrogens (primary N) is 4. The predicted molar refractivity (Wildman–Crippen MR) is 365 cm³/mol. The third-order valence-corrected chi connectivity index (χ3v) is 14.9. The summed E-state index contributed by atoms with van der Waals surface area (Å²) in [6.07, 6.45) is 0.0581. The number of esters is 2. The number of hydrogen-bond acceptors (Lipinski definition) is 20. The fraction of sp³-hybridized carbons (Fsp3) is 0.221. The molecule has 0 aliphatic heterocycles. The molecule has 12 N–H and O–H groups in total. The fourth-order valence-corrected chi connectivity index (χ4v) is 9.07. The van der Waals surface area contributed by atoms with E-state index in [1.54, 1.807) is 57.2 Å². The molecule has 0 spiro atoms. The van der Waals surface area contributed by atoms with E-state index in [4.69, 9.17) is 115 Å². The van der Waals surface area contributed by atoms with E-state index in [-0.39, 0.29) is 98.7 Å². The molecule has 0 fully saturated rings. The number of pyridine rings is 2. The zero-order valence-electron chi connectivity index (χ0n) is 53.8. The average Bonchev–Trinajstić information content (AvgIpc) is 0.801. The van der Waals surface area contributed by atoms with E-state index in [2.05, 4.69) is 19.4 Å². The molecule has 0 aliphatic rings. The molecule has 0 saturated heterocycles. The van der Waals surface area contributed by atoms with Gasteiger partial charge in [-0.3, -0.25) is 19.2 Å². The van der Waals surface area contributed by atoms with Gasteiger partial charge >= 0.3 is 17.9 Å². The molecule has 0 bridgehead atoms. The van der Waals surface area contributed by atoms with Crippen LogP contribution in [0.3, 0.4) is 0 Å². The molecule has 2 heterocycles. The number of aromatic carboxylic acids is 1. The van der Waals surface area contributed by atoms with E-state index < -0.39 is 58.5 Å². The second-order valence-corrected chi connectivity index (χ2v) is 23.0. The van der Waals surface area contributed by atoms with Gasteiger partial charge in [-0.25, -0.2) is 33.1 Å². The largest absolute Gasteiger partial charge is 0.508 e. The molecule has 0 saturated carbocycles. The van der Waals surface area contributed by atoms with Gasteiger partial charge in [-0.05, 0) is 166 Å². The Kier molecular flexibility index (Phi) is 31.5. The Morgan fingerprint density at radius 3 is 1.21 bits per heavy atom. The standard InChI is InChI=1S/C25H23Cl2FN2O5.C15H16ClFN2O2.C10H10ClNO4.C9H8ClNO4.C9H10O3/c1-25(33,10-9-19(31)14-4-6-20(17(27)11-14)35-13-23(29)32)22-8-7-21(34-2)24(30-22)15-3-5-18(28)16(26)12-15;1-15(20,8-18)13-6-5-12(21-2)14(19-13)9-3-4-11(17)10(16)7-9;1-15-10(14)6-2-3-8(7(11)4-6)16-5-9(12)13;10-6-3-5(9(13)14)1-2-7(6)15-4-8(11)12;1-6-5-7(9(11)12-2)3-4-8(6)10/h3-8,11-12,33H,9-10,13H2,1-2H3,(H2,29,32);3-7,20H,8,18H2,1-2H3;2-4H,5H2,1H3,(H2,12,13);1-3H,4H2,(H2,11,12)(H,13,14);3-5,10H,1-2H3. The van der Waals surface area contributed by atoms with Crippen molar-refractivity contribution in [3.63, 3.8) is 0 Å². The lowest BCUT2D eigenvalue weighted by atomic mass is 9.92. The number of carboxylic acid groups (broad SMARTS) is 1. The van der Waals surface area contributed by atoms with Gasteiger partial charge in [0, 0.05) is 29.7 Å². The van der Waals surface area contributed by atoms with Crippen LogP contribution in [0.1, 0.15) is 85.1 Å². The van der Waals surface area contributed by atoms with E-state index in [1.807, 2.05) is 0 Å². The number of primary amides is 3. The van der Waals surface area contributed by atoms with Crippen LogP contribution in [0.15, 0.2) is 133 Å². The molecule has 31 heteroatoms. The maximum Gasteiger partial charge on any atom is 0.337 e. The van der Waals surface area contributed by atoms with Crippen LogP contribution < -0.4 is 46.6 Å². The first-order valence-corrected chi connectivity index (χ1v) is 30.5. The van der Waals surface area contributed by atoms with E-state index in [0.717, 1.165) is 0 Å². The lowest BCUT2D eigenvalue weighted by Crippen LogP contribution is -2.32. The van der Waals surface area contributed by atoms with Crippen molar-refractivity contribution in [3.8, 4) is 57.0 Å². The van der Waals surface area contributed by atoms with Crippen LogP contribution in [0.2, 0.25) is 25.1 Å². The van der Waals surface area contributed by atoms with Gasteiger partial charge in [0.25, 0.3) is 17.7 Å². The zero-order chi connectivity index (χ0) is 74.1. The number of phenols is 1. The number of halogens is 7. The molecule has 8 rings (SSSR count). The Hall–Kier alpha value is -9.90. The van der Waals surface area contributed by atoms with Crippen molar-refractivity contribution in [1.82, 2.24) is 9.97 Å². The van der Waals surface area contributed by atoms with Gasteiger partial charge in [-0.2, -0.15) is 0 Å². The van der Waals surface area contributed by atoms with E-state index in [1.165, 1.54) is 126 Å². The second kappa shape index (κ2) is 38.3. The van der Waals surface area contributed by atoms with E-state index in [0.29, 0.717) is 67.7 Å². The van der Waals surface area contributed by atoms with Gasteiger partial charge in [-0.1, -0.05) is 58.0 Å². The van der Waals surface area contributed by atoms with Crippen molar-refractivity contribution in [2.75, 3.05) is 54.8 Å². The summed E-state index contributed by atoms with van der Waals surface area (Å²) in [5.74, 6) is -3.37. The molecule has 2 aromatic heterocycles. The van der Waals surface area contributed by atoms with E-state index >= 15 is 0 Å². The molecule has 526 valence electrons. The Labute approximate surface area is 591 Å². The molecule has 2 atom stereocenters. The van der Waals surface area contributed by atoms with Crippen molar-refractivity contribution in [1.29, 1.82) is 0 Å². The number of benzene rings is 6. The highest BCUT2D eigenvalue weighted by atomic mass is 35.5. The third-order valence-electron chi connectivity index (χ3n) is 13.4. The first-order valence-electron chi connectivity index (χ1n) is 28.6. The Morgan fingerprint density at radius 2 is 0.848 bits per heavy atom. The van der Waals surface area contributed by atoms with Crippen molar-refractivity contribution < 1.29 is 95.9 Å². The summed E-state index contributed by atoms with van der Waals surface area (Å²) in [6.45, 7) is 3.96. The maximum absolute atomic E-state index is 13.6. The highest BCUT2D eigenvalue weighted by Gasteiger charge is 2.29. The van der Waals surface area contributed by atoms with Crippen molar-refractivity contribution >= 4 is 99.4 Å². The quantitative estimate of drug-likeness (QED) is 0.0218. The van der Waals surface area contributed by atoms with Crippen LogP contribution in [0.25, 0.3) is 22.5 Å². The number of aliphatic hydroxyl groups is 2. The fourth-order valence-electron chi connectivity index (χ4n) is 8.01. The SMILES string of the molecule is COC(=O)c1ccc(O)c(C)c1.COC(=O)c1ccc(OCC(N)=O)c(Cl)c1.COc1ccc(C(C)(O)CCC(=O)c2ccc(OCC(N)=O)c(Cl)c2)nc1-c1ccc(F)c(Cl)c1.COc1ccc(C(C)(O)CN)nc1-c1ccc(F)c(Cl)c1.NC(=O)COc1ccc(C(=O)O)cc1Cl. The summed E-state index contributed by atoms with van der Waals surface area (Å²) < 4.78 is 61.7. The number of hydrogen-bond donors (Lipinski definition) is 8. The Bertz CT molecular complexity index is 4230. The number of carbonyl (C=O) groups is 7. The summed E-state index contributed by atoms with van der Waals surface area (Å²) in [7, 11) is 5.57. The molecule has 0 radical (unpaired) electrons. The topological polar surface area (TPSA) is 395 Å². The molecule has 99 heavy (non-hydrogen) atoms. The number of rotatable bonds is 23. The number of aromatic hydroxyl groups is 1. The number of phenolic OH excluding ortho intramolecular Hbond substituents is 1. The molecule has 3 amide bonds. The molecule has 0 aliphatic carbocycles. The summed E-state index contributed by atoms with van der Waals surface area (Å²) >= 11 is 29.4. The molecule has 2 unspecified atom stereocenters. The molecule has 6 aromatic carbocycles. The normalized spacial score (nSPS) is 11.6. The number of amides is 3. The summed E-state index contributed by atoms with van der Waals surface area (Å²) in [6, 6.07) is 32.2. The molecular weight excluding hydrogens is 1400 g/mol. The molecule has 8 aromatic rings. The Balaban J connectivity index is 0.000000279. The van der Waals surface area contributed by atoms with Crippen LogP contribution in [-0.2, 0) is 35.1 Å². The van der Waals surface area contributed by atoms with Crippen LogP contribution in [0.5, 0.6) is 34.5 Å². The number of aryl methyl sites for hydroxylation is 1. The smallest absolute Gasteiger partial charge is 0.337 e. The molecular formula is C68H67Cl5F2N6O18. The number of nitrogens with zero attached hydrogens (tertiary/aromatic N) is 2. The number of carboxylic acids is 1. The van der Waals surface area contributed by atoms with Gasteiger partial charge in [0.1, 0.15) is 68.7 Å². The van der Waals surface area contributed by atoms with Crippen LogP contribution in [-0.4, -0.2) is 127 Å².